The Morgan fingerprint density at radius 2 is 1.94 bits per heavy atom. The SMILES string of the molecule is C[C@@H]1CCCN(C(=O)c2c(Cl)cccc2-n2nccn2)[C@@H]1CCc1ccc(C(F)(F)F)cn1. The summed E-state index contributed by atoms with van der Waals surface area (Å²) >= 11 is 6.45. The number of hydrogen-bond donors (Lipinski definition) is 0. The molecule has 1 amide bonds. The summed E-state index contributed by atoms with van der Waals surface area (Å²) in [6, 6.07) is 7.50. The minimum Gasteiger partial charge on any atom is -0.335 e. The van der Waals surface area contributed by atoms with Crippen LogP contribution >= 0.6 is 11.6 Å². The lowest BCUT2D eigenvalue weighted by Crippen LogP contribution is -2.48. The molecule has 1 aliphatic heterocycles. The van der Waals surface area contributed by atoms with E-state index in [-0.39, 0.29) is 17.9 Å². The molecule has 3 aromatic rings. The normalized spacial score (nSPS) is 19.0. The van der Waals surface area contributed by atoms with Crippen LogP contribution in [0.5, 0.6) is 0 Å². The zero-order chi connectivity index (χ0) is 23.6. The van der Waals surface area contributed by atoms with Crippen molar-refractivity contribution in [2.24, 2.45) is 5.92 Å². The number of pyridine rings is 1. The predicted molar refractivity (Wildman–Crippen MR) is 117 cm³/mol. The first-order valence-electron chi connectivity index (χ1n) is 10.7. The number of likely N-dealkylation sites (tertiary alicyclic amines) is 1. The number of aromatic nitrogens is 4. The van der Waals surface area contributed by atoms with Gasteiger partial charge in [0.2, 0.25) is 0 Å². The number of amides is 1. The highest BCUT2D eigenvalue weighted by molar-refractivity contribution is 6.34. The monoisotopic (exact) mass is 477 g/mol. The van der Waals surface area contributed by atoms with Gasteiger partial charge in [0.05, 0.1) is 34.2 Å². The van der Waals surface area contributed by atoms with Crippen LogP contribution in [0, 0.1) is 5.92 Å². The maximum atomic E-state index is 13.7. The average Bonchev–Trinajstić information content (AvgIpc) is 3.32. The van der Waals surface area contributed by atoms with E-state index < -0.39 is 11.7 Å². The van der Waals surface area contributed by atoms with E-state index in [1.54, 1.807) is 18.2 Å². The summed E-state index contributed by atoms with van der Waals surface area (Å²) < 4.78 is 38.4. The number of aryl methyl sites for hydroxylation is 1. The second kappa shape index (κ2) is 9.51. The number of nitrogens with zero attached hydrogens (tertiary/aromatic N) is 5. The molecule has 33 heavy (non-hydrogen) atoms. The molecule has 0 radical (unpaired) electrons. The van der Waals surface area contributed by atoms with Gasteiger partial charge in [0.25, 0.3) is 5.91 Å². The zero-order valence-electron chi connectivity index (χ0n) is 18.0. The first-order valence-corrected chi connectivity index (χ1v) is 11.1. The summed E-state index contributed by atoms with van der Waals surface area (Å²) in [5, 5.41) is 8.59. The van der Waals surface area contributed by atoms with Crippen molar-refractivity contribution >= 4 is 17.5 Å². The Morgan fingerprint density at radius 3 is 2.61 bits per heavy atom. The lowest BCUT2D eigenvalue weighted by Gasteiger charge is -2.40. The molecule has 4 rings (SSSR count). The Morgan fingerprint density at radius 1 is 1.18 bits per heavy atom. The van der Waals surface area contributed by atoms with Gasteiger partial charge in [-0.3, -0.25) is 9.78 Å². The fourth-order valence-corrected chi connectivity index (χ4v) is 4.60. The molecule has 1 aliphatic rings. The van der Waals surface area contributed by atoms with Gasteiger partial charge in [-0.15, -0.1) is 0 Å². The van der Waals surface area contributed by atoms with E-state index in [9.17, 15) is 18.0 Å². The summed E-state index contributed by atoms with van der Waals surface area (Å²) in [4.78, 5) is 20.9. The molecule has 1 saturated heterocycles. The third-order valence-corrected chi connectivity index (χ3v) is 6.38. The summed E-state index contributed by atoms with van der Waals surface area (Å²) in [7, 11) is 0. The number of rotatable bonds is 5. The molecule has 1 fully saturated rings. The first kappa shape index (κ1) is 23.2. The average molecular weight is 478 g/mol. The van der Waals surface area contributed by atoms with Crippen LogP contribution in [0.25, 0.3) is 5.69 Å². The summed E-state index contributed by atoms with van der Waals surface area (Å²) in [5.41, 5.74) is 0.626. The van der Waals surface area contributed by atoms with Gasteiger partial charge in [0.1, 0.15) is 0 Å². The van der Waals surface area contributed by atoms with E-state index in [0.29, 0.717) is 41.4 Å². The van der Waals surface area contributed by atoms with E-state index in [0.717, 1.165) is 25.1 Å². The van der Waals surface area contributed by atoms with Gasteiger partial charge < -0.3 is 4.90 Å². The van der Waals surface area contributed by atoms with Crippen LogP contribution in [-0.2, 0) is 12.6 Å². The molecule has 1 aromatic carbocycles. The molecule has 0 saturated carbocycles. The molecule has 3 heterocycles. The summed E-state index contributed by atoms with van der Waals surface area (Å²) in [6.07, 6.45) is 2.37. The molecule has 174 valence electrons. The van der Waals surface area contributed by atoms with Gasteiger partial charge >= 0.3 is 6.18 Å². The second-order valence-corrected chi connectivity index (χ2v) is 8.62. The largest absolute Gasteiger partial charge is 0.417 e. The summed E-state index contributed by atoms with van der Waals surface area (Å²) in [5.74, 6) is 0.0238. The van der Waals surface area contributed by atoms with Crippen LogP contribution in [-0.4, -0.2) is 43.4 Å². The molecule has 2 atom stereocenters. The van der Waals surface area contributed by atoms with Crippen molar-refractivity contribution < 1.29 is 18.0 Å². The number of alkyl halides is 3. The van der Waals surface area contributed by atoms with Crippen molar-refractivity contribution in [1.29, 1.82) is 0 Å². The molecule has 2 aromatic heterocycles. The fourth-order valence-electron chi connectivity index (χ4n) is 4.35. The Balaban J connectivity index is 1.56. The van der Waals surface area contributed by atoms with Gasteiger partial charge in [0, 0.05) is 24.5 Å². The van der Waals surface area contributed by atoms with Gasteiger partial charge in [-0.1, -0.05) is 24.6 Å². The molecule has 0 aliphatic carbocycles. The topological polar surface area (TPSA) is 63.9 Å². The molecule has 0 spiro atoms. The number of carbonyl (C=O) groups excluding carboxylic acids is 1. The molecule has 10 heteroatoms. The Bertz CT molecular complexity index is 1100. The smallest absolute Gasteiger partial charge is 0.335 e. The highest BCUT2D eigenvalue weighted by Crippen LogP contribution is 2.32. The van der Waals surface area contributed by atoms with Crippen molar-refractivity contribution in [3.8, 4) is 5.69 Å². The van der Waals surface area contributed by atoms with Crippen LogP contribution < -0.4 is 0 Å². The van der Waals surface area contributed by atoms with Crippen LogP contribution in [0.4, 0.5) is 13.2 Å². The lowest BCUT2D eigenvalue weighted by atomic mass is 9.86. The number of hydrogen-bond acceptors (Lipinski definition) is 4. The van der Waals surface area contributed by atoms with Crippen LogP contribution in [0.15, 0.2) is 48.9 Å². The number of piperidine rings is 1. The Kier molecular flexibility index (Phi) is 6.69. The van der Waals surface area contributed by atoms with Crippen LogP contribution in [0.2, 0.25) is 5.02 Å². The van der Waals surface area contributed by atoms with Crippen LogP contribution in [0.1, 0.15) is 47.8 Å². The number of carbonyl (C=O) groups is 1. The maximum absolute atomic E-state index is 13.7. The maximum Gasteiger partial charge on any atom is 0.417 e. The standard InChI is InChI=1S/C23H23ClF3N5O/c1-15-4-3-13-31(19(15)10-9-17-8-7-16(14-28-17)23(25,26)27)22(33)21-18(24)5-2-6-20(21)32-29-11-12-30-32/h2,5-8,11-12,14-15,19H,3-4,9-10,13H2,1H3/t15-,19-/m1/s1. The lowest BCUT2D eigenvalue weighted by molar-refractivity contribution is -0.137. The molecule has 0 unspecified atom stereocenters. The van der Waals surface area contributed by atoms with E-state index in [1.165, 1.54) is 23.3 Å². The summed E-state index contributed by atoms with van der Waals surface area (Å²) in [6.45, 7) is 2.67. The third kappa shape index (κ3) is 5.03. The van der Waals surface area contributed by atoms with Gasteiger partial charge in [-0.05, 0) is 55.9 Å². The van der Waals surface area contributed by atoms with Crippen molar-refractivity contribution in [3.05, 3.63) is 70.8 Å². The van der Waals surface area contributed by atoms with Gasteiger partial charge in [-0.25, -0.2) is 0 Å². The molecule has 0 N–H and O–H groups in total. The van der Waals surface area contributed by atoms with E-state index in [1.807, 2.05) is 4.90 Å². The minimum absolute atomic E-state index is 0.0925. The van der Waals surface area contributed by atoms with Crippen molar-refractivity contribution in [1.82, 2.24) is 24.9 Å². The van der Waals surface area contributed by atoms with Crippen molar-refractivity contribution in [2.45, 2.75) is 44.8 Å². The number of benzene rings is 1. The highest BCUT2D eigenvalue weighted by atomic mass is 35.5. The molecule has 6 nitrogen and oxygen atoms in total. The first-order chi connectivity index (χ1) is 15.8. The molecule has 0 bridgehead atoms. The Hall–Kier alpha value is -2.94. The number of halogens is 4. The molecular formula is C23H23ClF3N5O. The minimum atomic E-state index is -4.41. The van der Waals surface area contributed by atoms with E-state index in [4.69, 9.17) is 11.6 Å². The van der Waals surface area contributed by atoms with Crippen LogP contribution in [0.3, 0.4) is 0 Å². The Labute approximate surface area is 194 Å². The van der Waals surface area contributed by atoms with Crippen molar-refractivity contribution in [2.75, 3.05) is 6.54 Å². The predicted octanol–water partition coefficient (Wildman–Crippen LogP) is 5.21. The van der Waals surface area contributed by atoms with E-state index >= 15 is 0 Å². The fraction of sp³-hybridized carbons (Fsp3) is 0.391. The van der Waals surface area contributed by atoms with Gasteiger partial charge in [0.15, 0.2) is 0 Å². The van der Waals surface area contributed by atoms with E-state index in [2.05, 4.69) is 22.1 Å². The quantitative estimate of drug-likeness (QED) is 0.506. The van der Waals surface area contributed by atoms with Gasteiger partial charge in [-0.2, -0.15) is 28.2 Å². The molecular weight excluding hydrogens is 455 g/mol. The van der Waals surface area contributed by atoms with Crippen molar-refractivity contribution in [3.63, 3.8) is 0 Å². The third-order valence-electron chi connectivity index (χ3n) is 6.06. The second-order valence-electron chi connectivity index (χ2n) is 8.21. The highest BCUT2D eigenvalue weighted by Gasteiger charge is 2.35. The zero-order valence-corrected chi connectivity index (χ0v) is 18.7.